The number of nitrogens with one attached hydrogen (secondary N) is 2. The second-order valence-corrected chi connectivity index (χ2v) is 7.91. The standard InChI is InChI=1S/C21H19N5OS2/c1-14-6-5-9-16(10-14)20-24-25-21(28)26(20)12-18(27)22-11-19-23-17(13-29-19)15-7-3-2-4-8-15/h2-10,13H,11-12H2,1H3,(H,22,27)(H,25,28). The van der Waals surface area contributed by atoms with Crippen LogP contribution in [0.4, 0.5) is 0 Å². The van der Waals surface area contributed by atoms with Crippen LogP contribution in [0.2, 0.25) is 0 Å². The van der Waals surface area contributed by atoms with Crippen molar-refractivity contribution in [3.8, 4) is 22.6 Å². The Hall–Kier alpha value is -3.10. The van der Waals surface area contributed by atoms with E-state index in [4.69, 9.17) is 12.2 Å². The summed E-state index contributed by atoms with van der Waals surface area (Å²) in [5, 5.41) is 12.8. The topological polar surface area (TPSA) is 75.6 Å². The zero-order valence-corrected chi connectivity index (χ0v) is 17.4. The van der Waals surface area contributed by atoms with Gasteiger partial charge in [-0.05, 0) is 25.2 Å². The minimum atomic E-state index is -0.145. The number of nitrogens with zero attached hydrogens (tertiary/aromatic N) is 3. The molecule has 0 radical (unpaired) electrons. The summed E-state index contributed by atoms with van der Waals surface area (Å²) in [6, 6.07) is 17.9. The minimum absolute atomic E-state index is 0.0928. The third-order valence-electron chi connectivity index (χ3n) is 4.39. The van der Waals surface area contributed by atoms with Gasteiger partial charge in [0.25, 0.3) is 0 Å². The van der Waals surface area contributed by atoms with Crippen LogP contribution in [-0.4, -0.2) is 25.7 Å². The molecule has 2 aromatic carbocycles. The SMILES string of the molecule is Cc1cccc(-c2n[nH]c(=S)n2CC(=O)NCc2nc(-c3ccccc3)cs2)c1. The fourth-order valence-corrected chi connectivity index (χ4v) is 3.92. The molecule has 4 rings (SSSR count). The van der Waals surface area contributed by atoms with Gasteiger partial charge >= 0.3 is 0 Å². The highest BCUT2D eigenvalue weighted by Gasteiger charge is 2.13. The van der Waals surface area contributed by atoms with Crippen molar-refractivity contribution in [3.05, 3.63) is 75.3 Å². The molecule has 0 saturated heterocycles. The van der Waals surface area contributed by atoms with Crippen molar-refractivity contribution in [1.29, 1.82) is 0 Å². The van der Waals surface area contributed by atoms with Crippen molar-refractivity contribution in [1.82, 2.24) is 25.1 Å². The van der Waals surface area contributed by atoms with Crippen LogP contribution in [0.15, 0.2) is 60.0 Å². The third kappa shape index (κ3) is 4.49. The van der Waals surface area contributed by atoms with E-state index in [2.05, 4.69) is 20.5 Å². The van der Waals surface area contributed by atoms with E-state index in [0.29, 0.717) is 17.1 Å². The largest absolute Gasteiger partial charge is 0.348 e. The van der Waals surface area contributed by atoms with Crippen LogP contribution in [0.3, 0.4) is 0 Å². The number of H-pyrrole nitrogens is 1. The monoisotopic (exact) mass is 421 g/mol. The van der Waals surface area contributed by atoms with Crippen molar-refractivity contribution in [2.75, 3.05) is 0 Å². The molecule has 8 heteroatoms. The molecule has 0 bridgehead atoms. The fourth-order valence-electron chi connectivity index (χ4n) is 2.98. The quantitative estimate of drug-likeness (QED) is 0.454. The number of aromatic amines is 1. The lowest BCUT2D eigenvalue weighted by Gasteiger charge is -2.08. The summed E-state index contributed by atoms with van der Waals surface area (Å²) >= 11 is 6.84. The van der Waals surface area contributed by atoms with Gasteiger partial charge in [-0.2, -0.15) is 5.10 Å². The van der Waals surface area contributed by atoms with Gasteiger partial charge in [0.2, 0.25) is 5.91 Å². The van der Waals surface area contributed by atoms with Gasteiger partial charge in [-0.1, -0.05) is 54.1 Å². The van der Waals surface area contributed by atoms with E-state index in [9.17, 15) is 4.79 Å². The van der Waals surface area contributed by atoms with E-state index in [1.54, 1.807) is 4.57 Å². The molecule has 146 valence electrons. The van der Waals surface area contributed by atoms with Gasteiger partial charge < -0.3 is 5.32 Å². The van der Waals surface area contributed by atoms with E-state index in [1.807, 2.05) is 66.9 Å². The average Bonchev–Trinajstić information content (AvgIpc) is 3.35. The molecule has 6 nitrogen and oxygen atoms in total. The Bertz CT molecular complexity index is 1190. The molecule has 2 N–H and O–H groups in total. The molecule has 0 saturated carbocycles. The number of carbonyl (C=O) groups is 1. The molecule has 0 atom stereocenters. The number of carbonyl (C=O) groups excluding carboxylic acids is 1. The highest BCUT2D eigenvalue weighted by Crippen LogP contribution is 2.21. The molecular formula is C21H19N5OS2. The van der Waals surface area contributed by atoms with Gasteiger partial charge in [-0.15, -0.1) is 11.3 Å². The summed E-state index contributed by atoms with van der Waals surface area (Å²) in [6.07, 6.45) is 0. The lowest BCUT2D eigenvalue weighted by molar-refractivity contribution is -0.121. The Morgan fingerprint density at radius 3 is 2.76 bits per heavy atom. The van der Waals surface area contributed by atoms with Crippen LogP contribution in [0.5, 0.6) is 0 Å². The number of aryl methyl sites for hydroxylation is 1. The highest BCUT2D eigenvalue weighted by atomic mass is 32.1. The first-order valence-electron chi connectivity index (χ1n) is 9.09. The van der Waals surface area contributed by atoms with E-state index in [0.717, 1.165) is 27.4 Å². The maximum Gasteiger partial charge on any atom is 0.240 e. The smallest absolute Gasteiger partial charge is 0.240 e. The van der Waals surface area contributed by atoms with Crippen molar-refractivity contribution in [2.45, 2.75) is 20.0 Å². The molecule has 4 aromatic rings. The maximum atomic E-state index is 12.5. The van der Waals surface area contributed by atoms with E-state index >= 15 is 0 Å². The minimum Gasteiger partial charge on any atom is -0.348 e. The molecule has 0 spiro atoms. The fraction of sp³-hybridized carbons (Fsp3) is 0.143. The second-order valence-electron chi connectivity index (χ2n) is 6.58. The molecule has 1 amide bonds. The number of aromatic nitrogens is 4. The van der Waals surface area contributed by atoms with Crippen LogP contribution < -0.4 is 5.32 Å². The Morgan fingerprint density at radius 1 is 1.17 bits per heavy atom. The number of hydrogen-bond acceptors (Lipinski definition) is 5. The summed E-state index contributed by atoms with van der Waals surface area (Å²) in [5.41, 5.74) is 4.01. The number of thiazole rings is 1. The summed E-state index contributed by atoms with van der Waals surface area (Å²) in [5.74, 6) is 0.502. The van der Waals surface area contributed by atoms with Crippen LogP contribution in [-0.2, 0) is 17.9 Å². The Balaban J connectivity index is 1.43. The molecule has 29 heavy (non-hydrogen) atoms. The van der Waals surface area contributed by atoms with Gasteiger partial charge in [0.1, 0.15) is 11.6 Å². The first-order chi connectivity index (χ1) is 14.1. The van der Waals surface area contributed by atoms with Crippen LogP contribution in [0.1, 0.15) is 10.6 Å². The number of rotatable bonds is 6. The normalized spacial score (nSPS) is 10.8. The Kier molecular flexibility index (Phi) is 5.64. The average molecular weight is 422 g/mol. The van der Waals surface area contributed by atoms with Crippen molar-refractivity contribution >= 4 is 29.5 Å². The molecule has 2 aromatic heterocycles. The molecular weight excluding hydrogens is 402 g/mol. The van der Waals surface area contributed by atoms with Gasteiger partial charge in [0, 0.05) is 16.5 Å². The zero-order chi connectivity index (χ0) is 20.2. The highest BCUT2D eigenvalue weighted by molar-refractivity contribution is 7.71. The van der Waals surface area contributed by atoms with Crippen LogP contribution in [0, 0.1) is 11.7 Å². The predicted molar refractivity (Wildman–Crippen MR) is 117 cm³/mol. The summed E-state index contributed by atoms with van der Waals surface area (Å²) in [7, 11) is 0. The van der Waals surface area contributed by atoms with Gasteiger partial charge in [0.15, 0.2) is 10.6 Å². The van der Waals surface area contributed by atoms with E-state index in [-0.39, 0.29) is 12.5 Å². The molecule has 0 fully saturated rings. The third-order valence-corrected chi connectivity index (χ3v) is 5.55. The van der Waals surface area contributed by atoms with E-state index < -0.39 is 0 Å². The van der Waals surface area contributed by atoms with Crippen LogP contribution in [0.25, 0.3) is 22.6 Å². The first-order valence-corrected chi connectivity index (χ1v) is 10.4. The Labute approximate surface area is 177 Å². The summed E-state index contributed by atoms with van der Waals surface area (Å²) in [4.78, 5) is 17.1. The van der Waals surface area contributed by atoms with Gasteiger partial charge in [0.05, 0.1) is 12.2 Å². The number of hydrogen-bond donors (Lipinski definition) is 2. The second kappa shape index (κ2) is 8.50. The molecule has 2 heterocycles. The molecule has 0 aliphatic heterocycles. The summed E-state index contributed by atoms with van der Waals surface area (Å²) in [6.45, 7) is 2.48. The lowest BCUT2D eigenvalue weighted by Crippen LogP contribution is -2.27. The Morgan fingerprint density at radius 2 is 1.97 bits per heavy atom. The van der Waals surface area contributed by atoms with Gasteiger partial charge in [-0.3, -0.25) is 14.5 Å². The first kappa shape index (κ1) is 19.2. The van der Waals surface area contributed by atoms with Crippen molar-refractivity contribution < 1.29 is 4.79 Å². The van der Waals surface area contributed by atoms with Crippen molar-refractivity contribution in [3.63, 3.8) is 0 Å². The lowest BCUT2D eigenvalue weighted by atomic mass is 10.1. The van der Waals surface area contributed by atoms with E-state index in [1.165, 1.54) is 11.3 Å². The number of benzene rings is 2. The molecule has 0 aliphatic rings. The van der Waals surface area contributed by atoms with Crippen molar-refractivity contribution in [2.24, 2.45) is 0 Å². The zero-order valence-electron chi connectivity index (χ0n) is 15.8. The van der Waals surface area contributed by atoms with Gasteiger partial charge in [-0.25, -0.2) is 4.98 Å². The molecule has 0 aliphatic carbocycles. The molecule has 0 unspecified atom stereocenters. The predicted octanol–water partition coefficient (Wildman–Crippen LogP) is 4.36. The summed E-state index contributed by atoms with van der Waals surface area (Å²) < 4.78 is 2.12. The number of amides is 1. The van der Waals surface area contributed by atoms with Crippen LogP contribution >= 0.6 is 23.6 Å². The maximum absolute atomic E-state index is 12.5.